The van der Waals surface area contributed by atoms with Gasteiger partial charge in [0, 0.05) is 28.7 Å². The van der Waals surface area contributed by atoms with Crippen LogP contribution in [0.25, 0.3) is 11.0 Å². The van der Waals surface area contributed by atoms with Gasteiger partial charge in [-0.2, -0.15) is 0 Å². The summed E-state index contributed by atoms with van der Waals surface area (Å²) in [6, 6.07) is 6.45. The molecular weight excluding hydrogens is 260 g/mol. The minimum Gasteiger partial charge on any atom is -0.461 e. The van der Waals surface area contributed by atoms with Gasteiger partial charge in [-0.15, -0.1) is 0 Å². The summed E-state index contributed by atoms with van der Waals surface area (Å²) in [5, 5.41) is 1.22. The molecule has 2 nitrogen and oxygen atoms in total. The zero-order valence-corrected chi connectivity index (χ0v) is 13.6. The number of carbonyl (C=O) groups is 1. The zero-order chi connectivity index (χ0) is 15.4. The summed E-state index contributed by atoms with van der Waals surface area (Å²) in [4.78, 5) is 11.1. The summed E-state index contributed by atoms with van der Waals surface area (Å²) in [5.41, 5.74) is 3.63. The van der Waals surface area contributed by atoms with Gasteiger partial charge in [0.2, 0.25) is 0 Å². The first kappa shape index (κ1) is 14.4. The van der Waals surface area contributed by atoms with E-state index in [-0.39, 0.29) is 16.7 Å². The molecule has 0 spiro atoms. The second kappa shape index (κ2) is 4.46. The van der Waals surface area contributed by atoms with Gasteiger partial charge in [-0.05, 0) is 29.5 Å². The number of hydrogen-bond donors (Lipinski definition) is 0. The van der Waals surface area contributed by atoms with Gasteiger partial charge in [-0.3, -0.25) is 0 Å². The maximum absolute atomic E-state index is 11.1. The SMILES string of the molecule is CCc1oc2ccc(C3(C)CC3C=O)cc2c1C(C)(C)C. The van der Waals surface area contributed by atoms with Crippen LogP contribution in [-0.4, -0.2) is 6.29 Å². The van der Waals surface area contributed by atoms with E-state index in [9.17, 15) is 4.79 Å². The molecule has 0 bridgehead atoms. The highest BCUT2D eigenvalue weighted by Gasteiger charge is 2.51. The van der Waals surface area contributed by atoms with E-state index in [4.69, 9.17) is 4.42 Å². The van der Waals surface area contributed by atoms with Crippen molar-refractivity contribution in [3.05, 3.63) is 35.1 Å². The van der Waals surface area contributed by atoms with Crippen molar-refractivity contribution in [2.75, 3.05) is 0 Å². The molecule has 1 aliphatic rings. The molecular formula is C19H24O2. The van der Waals surface area contributed by atoms with Gasteiger partial charge < -0.3 is 9.21 Å². The molecule has 2 atom stereocenters. The Labute approximate surface area is 126 Å². The van der Waals surface area contributed by atoms with Crippen molar-refractivity contribution in [2.24, 2.45) is 5.92 Å². The van der Waals surface area contributed by atoms with E-state index in [1.165, 1.54) is 16.5 Å². The molecule has 2 heteroatoms. The predicted octanol–water partition coefficient (Wildman–Crippen LogP) is 4.77. The summed E-state index contributed by atoms with van der Waals surface area (Å²) < 4.78 is 6.05. The van der Waals surface area contributed by atoms with E-state index in [1.54, 1.807) is 0 Å². The summed E-state index contributed by atoms with van der Waals surface area (Å²) in [7, 11) is 0. The Balaban J connectivity index is 2.19. The summed E-state index contributed by atoms with van der Waals surface area (Å²) >= 11 is 0. The molecule has 1 heterocycles. The van der Waals surface area contributed by atoms with Gasteiger partial charge in [0.05, 0.1) is 0 Å². The number of hydrogen-bond acceptors (Lipinski definition) is 2. The molecule has 0 amide bonds. The first-order valence-corrected chi connectivity index (χ1v) is 7.83. The molecule has 2 aromatic rings. The first-order valence-electron chi connectivity index (χ1n) is 7.83. The van der Waals surface area contributed by atoms with Crippen LogP contribution in [0.5, 0.6) is 0 Å². The Hall–Kier alpha value is -1.57. The molecule has 112 valence electrons. The van der Waals surface area contributed by atoms with Crippen LogP contribution in [0.4, 0.5) is 0 Å². The molecule has 1 aromatic carbocycles. The standard InChI is InChI=1S/C19H24O2/c1-6-15-17(18(2,3)4)14-9-12(7-8-16(14)21-15)19(5)10-13(19)11-20/h7-9,11,13H,6,10H2,1-5H3. The Morgan fingerprint density at radius 1 is 1.38 bits per heavy atom. The lowest BCUT2D eigenvalue weighted by molar-refractivity contribution is -0.109. The van der Waals surface area contributed by atoms with Crippen LogP contribution in [0.15, 0.2) is 22.6 Å². The van der Waals surface area contributed by atoms with Crippen molar-refractivity contribution in [3.8, 4) is 0 Å². The van der Waals surface area contributed by atoms with E-state index < -0.39 is 0 Å². The largest absolute Gasteiger partial charge is 0.461 e. The number of carbonyl (C=O) groups excluding carboxylic acids is 1. The minimum atomic E-state index is 0.0226. The van der Waals surface area contributed by atoms with Crippen molar-refractivity contribution in [1.29, 1.82) is 0 Å². The molecule has 21 heavy (non-hydrogen) atoms. The Bertz CT molecular complexity index is 702. The summed E-state index contributed by atoms with van der Waals surface area (Å²) in [6.45, 7) is 11.0. The summed E-state index contributed by atoms with van der Waals surface area (Å²) in [6.07, 6.45) is 2.97. The Morgan fingerprint density at radius 2 is 2.10 bits per heavy atom. The van der Waals surface area contributed by atoms with Crippen LogP contribution in [0.2, 0.25) is 0 Å². The van der Waals surface area contributed by atoms with Gasteiger partial charge >= 0.3 is 0 Å². The molecule has 0 N–H and O–H groups in total. The molecule has 1 aromatic heterocycles. The van der Waals surface area contributed by atoms with Gasteiger partial charge in [-0.1, -0.05) is 40.7 Å². The Morgan fingerprint density at radius 3 is 2.62 bits per heavy atom. The minimum absolute atomic E-state index is 0.0226. The van der Waals surface area contributed by atoms with E-state index >= 15 is 0 Å². The fourth-order valence-corrected chi connectivity index (χ4v) is 3.50. The van der Waals surface area contributed by atoms with Crippen molar-refractivity contribution in [3.63, 3.8) is 0 Å². The number of furan rings is 1. The number of benzene rings is 1. The monoisotopic (exact) mass is 284 g/mol. The van der Waals surface area contributed by atoms with Crippen LogP contribution >= 0.6 is 0 Å². The highest BCUT2D eigenvalue weighted by Crippen LogP contribution is 2.53. The third-order valence-corrected chi connectivity index (χ3v) is 4.96. The number of aldehydes is 1. The van der Waals surface area contributed by atoms with Crippen LogP contribution in [0.1, 0.15) is 57.9 Å². The summed E-state index contributed by atoms with van der Waals surface area (Å²) in [5.74, 6) is 1.26. The molecule has 0 radical (unpaired) electrons. The van der Waals surface area contributed by atoms with Crippen molar-refractivity contribution >= 4 is 17.3 Å². The van der Waals surface area contributed by atoms with Gasteiger partial charge in [0.1, 0.15) is 17.6 Å². The first-order chi connectivity index (χ1) is 9.81. The molecule has 1 aliphatic carbocycles. The highest BCUT2D eigenvalue weighted by atomic mass is 16.3. The second-order valence-electron chi connectivity index (χ2n) is 7.58. The average Bonchev–Trinajstić information content (AvgIpc) is 2.95. The third kappa shape index (κ3) is 2.12. The second-order valence-corrected chi connectivity index (χ2v) is 7.58. The van der Waals surface area contributed by atoms with Crippen molar-refractivity contribution in [2.45, 2.75) is 58.3 Å². The smallest absolute Gasteiger partial charge is 0.134 e. The van der Waals surface area contributed by atoms with Gasteiger partial charge in [-0.25, -0.2) is 0 Å². The van der Waals surface area contributed by atoms with Gasteiger partial charge in [0.15, 0.2) is 0 Å². The number of rotatable bonds is 3. The third-order valence-electron chi connectivity index (χ3n) is 4.96. The molecule has 1 fully saturated rings. The predicted molar refractivity (Wildman–Crippen MR) is 85.8 cm³/mol. The van der Waals surface area contributed by atoms with Crippen LogP contribution in [-0.2, 0) is 22.0 Å². The normalized spacial score (nSPS) is 25.3. The quantitative estimate of drug-likeness (QED) is 0.760. The van der Waals surface area contributed by atoms with E-state index in [0.29, 0.717) is 0 Å². The highest BCUT2D eigenvalue weighted by molar-refractivity contribution is 5.85. The Kier molecular flexibility index (Phi) is 3.05. The maximum Gasteiger partial charge on any atom is 0.134 e. The molecule has 0 saturated heterocycles. The molecule has 1 saturated carbocycles. The lowest BCUT2D eigenvalue weighted by Crippen LogP contribution is -2.13. The fraction of sp³-hybridized carbons (Fsp3) is 0.526. The van der Waals surface area contributed by atoms with Crippen molar-refractivity contribution in [1.82, 2.24) is 0 Å². The molecule has 0 aliphatic heterocycles. The number of aryl methyl sites for hydroxylation is 1. The molecule has 3 rings (SSSR count). The zero-order valence-electron chi connectivity index (χ0n) is 13.6. The lowest BCUT2D eigenvalue weighted by Gasteiger charge is -2.19. The van der Waals surface area contributed by atoms with E-state index in [0.717, 1.165) is 30.5 Å². The number of fused-ring (bicyclic) bond motifs is 1. The maximum atomic E-state index is 11.1. The van der Waals surface area contributed by atoms with Crippen LogP contribution in [0, 0.1) is 5.92 Å². The molecule has 2 unspecified atom stereocenters. The van der Waals surface area contributed by atoms with Gasteiger partial charge in [0.25, 0.3) is 0 Å². The van der Waals surface area contributed by atoms with E-state index in [2.05, 4.69) is 52.8 Å². The lowest BCUT2D eigenvalue weighted by atomic mass is 9.83. The van der Waals surface area contributed by atoms with E-state index in [1.807, 2.05) is 0 Å². The fourth-order valence-electron chi connectivity index (χ4n) is 3.50. The average molecular weight is 284 g/mol. The van der Waals surface area contributed by atoms with Crippen molar-refractivity contribution < 1.29 is 9.21 Å². The topological polar surface area (TPSA) is 30.2 Å². The van der Waals surface area contributed by atoms with Crippen LogP contribution in [0.3, 0.4) is 0 Å². The van der Waals surface area contributed by atoms with Crippen LogP contribution < -0.4 is 0 Å².